The molecular formula is C26H32NO3S+. The van der Waals surface area contributed by atoms with Gasteiger partial charge in [0.15, 0.2) is 5.69 Å². The topological polar surface area (TPSA) is 47.2 Å². The van der Waals surface area contributed by atoms with Crippen molar-refractivity contribution in [2.45, 2.75) is 65.3 Å². The van der Waals surface area contributed by atoms with Crippen molar-refractivity contribution < 1.29 is 18.9 Å². The first-order valence-corrected chi connectivity index (χ1v) is 12.5. The molecule has 31 heavy (non-hydrogen) atoms. The molecule has 0 N–H and O–H groups in total. The minimum Gasteiger partial charge on any atom is -0.465 e. The molecule has 4 aliphatic carbocycles. The standard InChI is InChI=1S/C26H32NO3S/c1-18-23(31-17-27(18)15-22(28)21-6-4-3-5-7-21)8-9-30-24(29)26-13-19-10-20(14-26)12-25(2,11-19)16-26/h3-7,17,19-20H,8-16H2,1-2H3/q+1. The van der Waals surface area contributed by atoms with Gasteiger partial charge >= 0.3 is 5.97 Å². The Bertz CT molecular complexity index is 981. The molecule has 4 fully saturated rings. The van der Waals surface area contributed by atoms with Crippen LogP contribution in [0.3, 0.4) is 0 Å². The van der Waals surface area contributed by atoms with Crippen LogP contribution < -0.4 is 4.57 Å². The van der Waals surface area contributed by atoms with Gasteiger partial charge in [-0.2, -0.15) is 4.57 Å². The zero-order chi connectivity index (χ0) is 21.6. The summed E-state index contributed by atoms with van der Waals surface area (Å²) < 4.78 is 7.89. The van der Waals surface area contributed by atoms with E-state index in [2.05, 4.69) is 6.92 Å². The Morgan fingerprint density at radius 1 is 1.13 bits per heavy atom. The molecule has 164 valence electrons. The highest BCUT2D eigenvalue weighted by molar-refractivity contribution is 7.09. The third-order valence-corrected chi connectivity index (χ3v) is 9.06. The van der Waals surface area contributed by atoms with E-state index in [1.807, 2.05) is 47.3 Å². The molecule has 0 saturated heterocycles. The maximum Gasteiger partial charge on any atom is 0.312 e. The first-order valence-electron chi connectivity index (χ1n) is 11.6. The number of ether oxygens (including phenoxy) is 1. The predicted molar refractivity (Wildman–Crippen MR) is 120 cm³/mol. The van der Waals surface area contributed by atoms with Gasteiger partial charge < -0.3 is 4.74 Å². The second kappa shape index (κ2) is 7.84. The smallest absolute Gasteiger partial charge is 0.312 e. The summed E-state index contributed by atoms with van der Waals surface area (Å²) in [6, 6.07) is 9.42. The zero-order valence-electron chi connectivity index (χ0n) is 18.6. The van der Waals surface area contributed by atoms with Gasteiger partial charge in [0.05, 0.1) is 16.9 Å². The van der Waals surface area contributed by atoms with Crippen LogP contribution in [0.25, 0.3) is 0 Å². The molecule has 1 aromatic carbocycles. The summed E-state index contributed by atoms with van der Waals surface area (Å²) in [5.41, 5.74) is 3.97. The molecule has 1 heterocycles. The molecule has 4 bridgehead atoms. The van der Waals surface area contributed by atoms with Gasteiger partial charge in [-0.25, -0.2) is 0 Å². The van der Waals surface area contributed by atoms with Crippen LogP contribution in [-0.4, -0.2) is 18.4 Å². The first-order chi connectivity index (χ1) is 14.9. The van der Waals surface area contributed by atoms with Gasteiger partial charge in [0.2, 0.25) is 17.8 Å². The molecule has 0 radical (unpaired) electrons. The Hall–Kier alpha value is -2.01. The van der Waals surface area contributed by atoms with Crippen molar-refractivity contribution in [1.29, 1.82) is 0 Å². The number of hydrogen-bond acceptors (Lipinski definition) is 4. The van der Waals surface area contributed by atoms with Crippen LogP contribution in [0, 0.1) is 29.6 Å². The fraction of sp³-hybridized carbons (Fsp3) is 0.577. The lowest BCUT2D eigenvalue weighted by Gasteiger charge is -2.59. The predicted octanol–water partition coefficient (Wildman–Crippen LogP) is 4.92. The van der Waals surface area contributed by atoms with Crippen molar-refractivity contribution in [1.82, 2.24) is 0 Å². The number of benzene rings is 1. The second-order valence-electron chi connectivity index (χ2n) is 10.6. The van der Waals surface area contributed by atoms with Crippen molar-refractivity contribution in [3.05, 3.63) is 52.0 Å². The lowest BCUT2D eigenvalue weighted by Crippen LogP contribution is -2.54. The van der Waals surface area contributed by atoms with E-state index in [0.717, 1.165) is 48.8 Å². The van der Waals surface area contributed by atoms with Crippen LogP contribution in [0.1, 0.15) is 66.4 Å². The van der Waals surface area contributed by atoms with E-state index in [-0.39, 0.29) is 17.2 Å². The number of Topliss-reactive ketones (excluding diaryl/α,β-unsaturated/α-hetero) is 1. The maximum absolute atomic E-state index is 13.2. The number of hydrogen-bond donors (Lipinski definition) is 0. The van der Waals surface area contributed by atoms with Gasteiger partial charge in [0.1, 0.15) is 0 Å². The van der Waals surface area contributed by atoms with Crippen LogP contribution in [0.5, 0.6) is 0 Å². The van der Waals surface area contributed by atoms with Crippen LogP contribution in [-0.2, 0) is 22.5 Å². The fourth-order valence-electron chi connectivity index (χ4n) is 7.07. The van der Waals surface area contributed by atoms with Crippen LogP contribution >= 0.6 is 11.3 Å². The molecule has 0 aliphatic heterocycles. The number of carbonyl (C=O) groups is 2. The Morgan fingerprint density at radius 2 is 1.84 bits per heavy atom. The van der Waals surface area contributed by atoms with E-state index in [9.17, 15) is 9.59 Å². The summed E-state index contributed by atoms with van der Waals surface area (Å²) in [6.07, 6.45) is 7.74. The highest BCUT2D eigenvalue weighted by Gasteiger charge is 2.59. The van der Waals surface area contributed by atoms with Gasteiger partial charge in [-0.15, -0.1) is 0 Å². The van der Waals surface area contributed by atoms with Crippen molar-refractivity contribution in [2.24, 2.45) is 22.7 Å². The molecule has 4 aliphatic rings. The van der Waals surface area contributed by atoms with Crippen molar-refractivity contribution in [3.8, 4) is 0 Å². The monoisotopic (exact) mass is 438 g/mol. The molecule has 0 amide bonds. The molecule has 2 unspecified atom stereocenters. The number of thiazole rings is 1. The summed E-state index contributed by atoms with van der Waals surface area (Å²) in [6.45, 7) is 5.21. The average Bonchev–Trinajstić information content (AvgIpc) is 3.06. The van der Waals surface area contributed by atoms with Crippen LogP contribution in [0.4, 0.5) is 0 Å². The molecule has 6 rings (SSSR count). The van der Waals surface area contributed by atoms with Crippen molar-refractivity contribution in [3.63, 3.8) is 0 Å². The molecule has 2 aromatic rings. The number of ketones is 1. The number of nitrogens with zero attached hydrogens (tertiary/aromatic N) is 1. The highest BCUT2D eigenvalue weighted by atomic mass is 32.1. The first kappa shape index (κ1) is 20.9. The van der Waals surface area contributed by atoms with Gasteiger partial charge in [0.25, 0.3) is 0 Å². The highest BCUT2D eigenvalue weighted by Crippen LogP contribution is 2.65. The van der Waals surface area contributed by atoms with Gasteiger partial charge in [0, 0.05) is 18.9 Å². The van der Waals surface area contributed by atoms with Crippen LogP contribution in [0.15, 0.2) is 35.8 Å². The zero-order valence-corrected chi connectivity index (χ0v) is 19.4. The Balaban J connectivity index is 1.18. The van der Waals surface area contributed by atoms with E-state index < -0.39 is 0 Å². The number of rotatable bonds is 7. The Kier molecular flexibility index (Phi) is 5.28. The van der Waals surface area contributed by atoms with E-state index >= 15 is 0 Å². The molecule has 2 atom stereocenters. The molecule has 1 aromatic heterocycles. The van der Waals surface area contributed by atoms with Crippen LogP contribution in [0.2, 0.25) is 0 Å². The molecular weight excluding hydrogens is 406 g/mol. The normalized spacial score (nSPS) is 31.0. The molecule has 4 saturated carbocycles. The third kappa shape index (κ3) is 3.97. The number of esters is 1. The van der Waals surface area contributed by atoms with E-state index in [4.69, 9.17) is 4.74 Å². The van der Waals surface area contributed by atoms with Gasteiger partial charge in [-0.3, -0.25) is 9.59 Å². The van der Waals surface area contributed by atoms with Gasteiger partial charge in [-0.1, -0.05) is 48.6 Å². The van der Waals surface area contributed by atoms with Gasteiger partial charge in [-0.05, 0) is 55.8 Å². The lowest BCUT2D eigenvalue weighted by atomic mass is 9.44. The largest absolute Gasteiger partial charge is 0.465 e. The van der Waals surface area contributed by atoms with Crippen molar-refractivity contribution >= 4 is 23.1 Å². The minimum atomic E-state index is -0.217. The Morgan fingerprint density at radius 3 is 2.52 bits per heavy atom. The average molecular weight is 439 g/mol. The Labute approximate surface area is 188 Å². The SMILES string of the molecule is Cc1c(CCOC(=O)C23CC4CC(CC(C)(C4)C2)C3)sc[n+]1CC(=O)c1ccccc1. The quantitative estimate of drug-likeness (QED) is 0.350. The fourth-order valence-corrected chi connectivity index (χ4v) is 8.04. The summed E-state index contributed by atoms with van der Waals surface area (Å²) in [4.78, 5) is 26.9. The molecule has 0 spiro atoms. The summed E-state index contributed by atoms with van der Waals surface area (Å²) in [5, 5.41) is 0. The minimum absolute atomic E-state index is 0.0502. The van der Waals surface area contributed by atoms with E-state index in [1.165, 1.54) is 24.1 Å². The number of carbonyl (C=O) groups excluding carboxylic acids is 2. The summed E-state index contributed by atoms with van der Waals surface area (Å²) >= 11 is 1.64. The van der Waals surface area contributed by atoms with E-state index in [1.54, 1.807) is 11.3 Å². The summed E-state index contributed by atoms with van der Waals surface area (Å²) in [7, 11) is 0. The van der Waals surface area contributed by atoms with Crippen molar-refractivity contribution in [2.75, 3.05) is 6.61 Å². The van der Waals surface area contributed by atoms with E-state index in [0.29, 0.717) is 18.6 Å². The number of aromatic nitrogens is 1. The molecule has 4 nitrogen and oxygen atoms in total. The molecule has 5 heteroatoms. The third-order valence-electron chi connectivity index (χ3n) is 7.92. The second-order valence-corrected chi connectivity index (χ2v) is 11.5. The lowest BCUT2D eigenvalue weighted by molar-refractivity contribution is -0.684. The summed E-state index contributed by atoms with van der Waals surface area (Å²) in [5.74, 6) is 1.60. The maximum atomic E-state index is 13.2.